The van der Waals surface area contributed by atoms with Gasteiger partial charge >= 0.3 is 5.97 Å². The Morgan fingerprint density at radius 2 is 2.06 bits per heavy atom. The Morgan fingerprint density at radius 3 is 2.78 bits per heavy atom. The molecule has 0 radical (unpaired) electrons. The summed E-state index contributed by atoms with van der Waals surface area (Å²) in [6.45, 7) is 3.92. The highest BCUT2D eigenvalue weighted by atomic mass is 32.1. The molecule has 3 rings (SSSR count). The van der Waals surface area contributed by atoms with Gasteiger partial charge in [-0.3, -0.25) is 0 Å². The van der Waals surface area contributed by atoms with Crippen LogP contribution >= 0.6 is 11.3 Å². The zero-order valence-corrected chi connectivity index (χ0v) is 10.9. The third-order valence-corrected chi connectivity index (χ3v) is 4.24. The number of benzene rings is 1. The maximum absolute atomic E-state index is 11.1. The first-order valence-electron chi connectivity index (χ1n) is 5.65. The number of carboxylic acid groups (broad SMARTS) is 1. The maximum atomic E-state index is 11.1. The van der Waals surface area contributed by atoms with Crippen LogP contribution in [0.3, 0.4) is 0 Å². The molecule has 0 spiro atoms. The Kier molecular flexibility index (Phi) is 2.25. The number of thiophene rings is 1. The third kappa shape index (κ3) is 1.53. The predicted octanol–water partition coefficient (Wildman–Crippen LogP) is 3.74. The molecule has 1 aliphatic rings. The number of rotatable bonds is 1. The van der Waals surface area contributed by atoms with E-state index in [1.807, 2.05) is 38.1 Å². The summed E-state index contributed by atoms with van der Waals surface area (Å²) in [5, 5.41) is 9.12. The van der Waals surface area contributed by atoms with Gasteiger partial charge in [0.05, 0.1) is 0 Å². The quantitative estimate of drug-likeness (QED) is 0.849. The van der Waals surface area contributed by atoms with Crippen molar-refractivity contribution in [2.45, 2.75) is 19.4 Å². The molecule has 2 aromatic rings. The Morgan fingerprint density at radius 1 is 1.33 bits per heavy atom. The van der Waals surface area contributed by atoms with E-state index in [2.05, 4.69) is 0 Å². The van der Waals surface area contributed by atoms with Gasteiger partial charge in [0, 0.05) is 16.0 Å². The first kappa shape index (κ1) is 11.3. The van der Waals surface area contributed by atoms with Gasteiger partial charge in [-0.15, -0.1) is 11.3 Å². The lowest BCUT2D eigenvalue weighted by molar-refractivity contribution is 0.0701. The van der Waals surface area contributed by atoms with Gasteiger partial charge in [0.1, 0.15) is 16.2 Å². The van der Waals surface area contributed by atoms with Crippen LogP contribution in [0.5, 0.6) is 5.75 Å². The average Bonchev–Trinajstić information content (AvgIpc) is 2.74. The zero-order chi connectivity index (χ0) is 12.9. The highest BCUT2D eigenvalue weighted by Gasteiger charge is 2.35. The van der Waals surface area contributed by atoms with Crippen LogP contribution in [-0.2, 0) is 5.60 Å². The summed E-state index contributed by atoms with van der Waals surface area (Å²) in [6, 6.07) is 9.46. The minimum atomic E-state index is -0.886. The van der Waals surface area contributed by atoms with E-state index in [1.54, 1.807) is 6.07 Å². The van der Waals surface area contributed by atoms with E-state index in [4.69, 9.17) is 9.84 Å². The molecule has 0 saturated heterocycles. The van der Waals surface area contributed by atoms with E-state index in [1.165, 1.54) is 11.3 Å². The second kappa shape index (κ2) is 3.59. The van der Waals surface area contributed by atoms with E-state index in [0.29, 0.717) is 4.88 Å². The molecule has 1 aliphatic heterocycles. The Bertz CT molecular complexity index is 640. The van der Waals surface area contributed by atoms with Gasteiger partial charge < -0.3 is 9.84 Å². The van der Waals surface area contributed by atoms with Crippen LogP contribution in [0.15, 0.2) is 30.3 Å². The van der Waals surface area contributed by atoms with Crippen LogP contribution in [0, 0.1) is 0 Å². The SMILES string of the molecule is CC1(C)Oc2ccccc2-c2sc(C(=O)O)cc21. The number of carbonyl (C=O) groups is 1. The van der Waals surface area contributed by atoms with Gasteiger partial charge in [0.15, 0.2) is 0 Å². The molecular weight excluding hydrogens is 248 g/mol. The van der Waals surface area contributed by atoms with E-state index in [-0.39, 0.29) is 0 Å². The third-order valence-electron chi connectivity index (χ3n) is 3.09. The molecule has 0 aliphatic carbocycles. The molecule has 0 fully saturated rings. The van der Waals surface area contributed by atoms with Crippen LogP contribution < -0.4 is 4.74 Å². The fourth-order valence-electron chi connectivity index (χ4n) is 2.22. The molecule has 0 amide bonds. The van der Waals surface area contributed by atoms with Crippen molar-refractivity contribution in [3.63, 3.8) is 0 Å². The van der Waals surface area contributed by atoms with Crippen molar-refractivity contribution in [2.24, 2.45) is 0 Å². The standard InChI is InChI=1S/C14H12O3S/c1-14(2)9-7-11(13(15)16)18-12(9)8-5-3-4-6-10(8)17-14/h3-7H,1-2H3,(H,15,16). The lowest BCUT2D eigenvalue weighted by Gasteiger charge is -2.32. The summed E-state index contributed by atoms with van der Waals surface area (Å²) < 4.78 is 5.95. The molecule has 0 unspecified atom stereocenters. The van der Waals surface area contributed by atoms with E-state index in [0.717, 1.165) is 21.8 Å². The van der Waals surface area contributed by atoms with Crippen LogP contribution in [0.1, 0.15) is 29.1 Å². The lowest BCUT2D eigenvalue weighted by atomic mass is 9.92. The highest BCUT2D eigenvalue weighted by molar-refractivity contribution is 7.17. The lowest BCUT2D eigenvalue weighted by Crippen LogP contribution is -2.28. The summed E-state index contributed by atoms with van der Waals surface area (Å²) in [7, 11) is 0. The van der Waals surface area contributed by atoms with Gasteiger partial charge in [-0.1, -0.05) is 12.1 Å². The molecule has 92 valence electrons. The molecule has 1 aromatic carbocycles. The molecule has 0 atom stereocenters. The summed E-state index contributed by atoms with van der Waals surface area (Å²) in [5.74, 6) is -0.0727. The smallest absolute Gasteiger partial charge is 0.345 e. The van der Waals surface area contributed by atoms with Gasteiger partial charge in [-0.25, -0.2) is 4.79 Å². The van der Waals surface area contributed by atoms with Crippen molar-refractivity contribution in [1.82, 2.24) is 0 Å². The molecule has 4 heteroatoms. The Labute approximate surface area is 109 Å². The van der Waals surface area contributed by atoms with Crippen LogP contribution in [0.25, 0.3) is 10.4 Å². The summed E-state index contributed by atoms with van der Waals surface area (Å²) in [5.41, 5.74) is 1.43. The Hall–Kier alpha value is -1.81. The summed E-state index contributed by atoms with van der Waals surface area (Å²) in [6.07, 6.45) is 0. The van der Waals surface area contributed by atoms with Crippen molar-refractivity contribution < 1.29 is 14.6 Å². The second-order valence-electron chi connectivity index (χ2n) is 4.77. The number of carboxylic acids is 1. The first-order chi connectivity index (χ1) is 8.49. The number of aromatic carboxylic acids is 1. The fraction of sp³-hybridized carbons (Fsp3) is 0.214. The van der Waals surface area contributed by atoms with Crippen molar-refractivity contribution in [3.05, 3.63) is 40.8 Å². The molecular formula is C14H12O3S. The number of para-hydroxylation sites is 1. The van der Waals surface area contributed by atoms with Crippen molar-refractivity contribution in [2.75, 3.05) is 0 Å². The summed E-state index contributed by atoms with van der Waals surface area (Å²) >= 11 is 1.31. The second-order valence-corrected chi connectivity index (χ2v) is 5.82. The maximum Gasteiger partial charge on any atom is 0.345 e. The zero-order valence-electron chi connectivity index (χ0n) is 10.1. The highest BCUT2D eigenvalue weighted by Crippen LogP contribution is 2.48. The van der Waals surface area contributed by atoms with E-state index in [9.17, 15) is 4.79 Å². The minimum absolute atomic E-state index is 0.355. The average molecular weight is 260 g/mol. The first-order valence-corrected chi connectivity index (χ1v) is 6.47. The summed E-state index contributed by atoms with van der Waals surface area (Å²) in [4.78, 5) is 12.5. The van der Waals surface area contributed by atoms with Gasteiger partial charge in [-0.05, 0) is 32.0 Å². The number of hydrogen-bond acceptors (Lipinski definition) is 3. The normalized spacial score (nSPS) is 15.4. The van der Waals surface area contributed by atoms with Crippen molar-refractivity contribution in [3.8, 4) is 16.2 Å². The molecule has 18 heavy (non-hydrogen) atoms. The molecule has 3 nitrogen and oxygen atoms in total. The minimum Gasteiger partial charge on any atom is -0.482 e. The number of ether oxygens (including phenoxy) is 1. The van der Waals surface area contributed by atoms with Crippen molar-refractivity contribution >= 4 is 17.3 Å². The Balaban J connectivity index is 2.29. The molecule has 0 bridgehead atoms. The monoisotopic (exact) mass is 260 g/mol. The number of fused-ring (bicyclic) bond motifs is 3. The van der Waals surface area contributed by atoms with Crippen molar-refractivity contribution in [1.29, 1.82) is 0 Å². The molecule has 1 N–H and O–H groups in total. The van der Waals surface area contributed by atoms with Gasteiger partial charge in [-0.2, -0.15) is 0 Å². The fourth-order valence-corrected chi connectivity index (χ4v) is 3.39. The predicted molar refractivity (Wildman–Crippen MR) is 70.4 cm³/mol. The van der Waals surface area contributed by atoms with Crippen LogP contribution in [-0.4, -0.2) is 11.1 Å². The van der Waals surface area contributed by atoms with Gasteiger partial charge in [0.25, 0.3) is 0 Å². The van der Waals surface area contributed by atoms with Gasteiger partial charge in [0.2, 0.25) is 0 Å². The largest absolute Gasteiger partial charge is 0.482 e. The number of hydrogen-bond donors (Lipinski definition) is 1. The molecule has 1 aromatic heterocycles. The molecule has 2 heterocycles. The van der Waals surface area contributed by atoms with E-state index < -0.39 is 11.6 Å². The van der Waals surface area contributed by atoms with Crippen LogP contribution in [0.4, 0.5) is 0 Å². The van der Waals surface area contributed by atoms with Crippen LogP contribution in [0.2, 0.25) is 0 Å². The van der Waals surface area contributed by atoms with E-state index >= 15 is 0 Å². The topological polar surface area (TPSA) is 46.5 Å². The molecule has 0 saturated carbocycles.